The number of benzene rings is 2. The van der Waals surface area contributed by atoms with Crippen molar-refractivity contribution in [3.8, 4) is 11.8 Å². The molecule has 1 atom stereocenters. The Morgan fingerprint density at radius 3 is 2.46 bits per heavy atom. The first-order valence-corrected chi connectivity index (χ1v) is 11.5. The van der Waals surface area contributed by atoms with Gasteiger partial charge in [0.05, 0.1) is 5.92 Å². The number of nitriles is 1. The van der Waals surface area contributed by atoms with Crippen LogP contribution in [0.25, 0.3) is 0 Å². The lowest BCUT2D eigenvalue weighted by Gasteiger charge is -2.37. The number of allylic oxidation sites excluding steroid dienone is 3. The number of ketones is 1. The highest BCUT2D eigenvalue weighted by Crippen LogP contribution is 2.47. The third-order valence-corrected chi connectivity index (χ3v) is 6.16. The largest absolute Gasteiger partial charge is 0.484 e. The van der Waals surface area contributed by atoms with Gasteiger partial charge >= 0.3 is 0 Å². The molecular weight excluding hydrogens is 442 g/mol. The monoisotopic (exact) mass is 471 g/mol. The van der Waals surface area contributed by atoms with E-state index < -0.39 is 5.92 Å². The zero-order chi connectivity index (χ0) is 25.3. The van der Waals surface area contributed by atoms with Gasteiger partial charge in [-0.1, -0.05) is 32.0 Å². The number of nitrogens with zero attached hydrogens (tertiary/aromatic N) is 1. The molecule has 7 heteroatoms. The molecule has 2 aromatic carbocycles. The van der Waals surface area contributed by atoms with Crippen LogP contribution in [0.1, 0.15) is 49.3 Å². The number of hydrogen-bond donors (Lipinski definition) is 2. The number of aryl methyl sites for hydroxylation is 2. The van der Waals surface area contributed by atoms with E-state index in [1.54, 1.807) is 24.3 Å². The van der Waals surface area contributed by atoms with Gasteiger partial charge in [0.2, 0.25) is 5.88 Å². The number of rotatable bonds is 5. The van der Waals surface area contributed by atoms with Crippen LogP contribution in [0.2, 0.25) is 0 Å². The van der Waals surface area contributed by atoms with Crippen molar-refractivity contribution < 1.29 is 19.1 Å². The molecule has 0 fully saturated rings. The zero-order valence-electron chi connectivity index (χ0n) is 20.4. The fraction of sp³-hybridized carbons (Fsp3) is 0.321. The summed E-state index contributed by atoms with van der Waals surface area (Å²) >= 11 is 0. The lowest BCUT2D eigenvalue weighted by Crippen LogP contribution is -2.33. The minimum atomic E-state index is -0.589. The Bertz CT molecular complexity index is 1280. The molecule has 1 aliphatic carbocycles. The minimum absolute atomic E-state index is 0.0325. The minimum Gasteiger partial charge on any atom is -0.484 e. The van der Waals surface area contributed by atoms with Crippen LogP contribution in [0.15, 0.2) is 65.3 Å². The number of amides is 1. The van der Waals surface area contributed by atoms with E-state index in [9.17, 15) is 14.9 Å². The van der Waals surface area contributed by atoms with E-state index in [1.165, 1.54) is 0 Å². The number of carbonyl (C=O) groups excluding carboxylic acids is 2. The molecule has 1 unspecified atom stereocenters. The molecule has 1 heterocycles. The van der Waals surface area contributed by atoms with E-state index in [4.69, 9.17) is 15.2 Å². The second kappa shape index (κ2) is 9.30. The third kappa shape index (κ3) is 5.22. The average molecular weight is 472 g/mol. The molecule has 3 N–H and O–H groups in total. The van der Waals surface area contributed by atoms with Crippen LogP contribution >= 0.6 is 0 Å². The number of nitrogens with one attached hydrogen (secondary N) is 1. The fourth-order valence-electron chi connectivity index (χ4n) is 4.77. The van der Waals surface area contributed by atoms with Gasteiger partial charge in [-0.15, -0.1) is 0 Å². The van der Waals surface area contributed by atoms with E-state index in [0.717, 1.165) is 22.4 Å². The predicted molar refractivity (Wildman–Crippen MR) is 132 cm³/mol. The van der Waals surface area contributed by atoms with Gasteiger partial charge in [-0.3, -0.25) is 9.59 Å². The first kappa shape index (κ1) is 24.1. The van der Waals surface area contributed by atoms with Crippen LogP contribution in [-0.2, 0) is 14.3 Å². The number of anilines is 1. The third-order valence-electron chi connectivity index (χ3n) is 6.16. The molecule has 0 bridgehead atoms. The first-order valence-electron chi connectivity index (χ1n) is 11.5. The molecule has 1 amide bonds. The normalized spacial score (nSPS) is 18.9. The van der Waals surface area contributed by atoms with Gasteiger partial charge in [0, 0.05) is 24.1 Å². The molecule has 0 saturated heterocycles. The van der Waals surface area contributed by atoms with Gasteiger partial charge in [0.15, 0.2) is 12.4 Å². The summed E-state index contributed by atoms with van der Waals surface area (Å²) in [6.07, 6.45) is 0.946. The summed E-state index contributed by atoms with van der Waals surface area (Å²) in [7, 11) is 0. The number of Topliss-reactive ketones (excluding diaryl/α,β-unsaturated/α-hetero) is 1. The number of hydrogen-bond acceptors (Lipinski definition) is 6. The van der Waals surface area contributed by atoms with Gasteiger partial charge in [-0.25, -0.2) is 0 Å². The van der Waals surface area contributed by atoms with E-state index >= 15 is 0 Å². The molecule has 0 radical (unpaired) electrons. The molecule has 2 aromatic rings. The molecule has 2 aliphatic rings. The maximum atomic E-state index is 13.1. The topological polar surface area (TPSA) is 114 Å². The first-order chi connectivity index (χ1) is 16.6. The summed E-state index contributed by atoms with van der Waals surface area (Å²) in [5.74, 6) is 0.175. The van der Waals surface area contributed by atoms with Crippen molar-refractivity contribution in [2.45, 2.75) is 46.5 Å². The molecule has 0 spiro atoms. The molecule has 4 rings (SSSR count). The SMILES string of the molecule is Cc1cc(C)cc(NC(=O)COc2ccc(C3C(C#N)=C(N)OC4=C3C(=O)CC(C)(C)C4)cc2)c1. The second-order valence-electron chi connectivity index (χ2n) is 9.98. The summed E-state index contributed by atoms with van der Waals surface area (Å²) in [6, 6.07) is 15.0. The second-order valence-corrected chi connectivity index (χ2v) is 9.98. The summed E-state index contributed by atoms with van der Waals surface area (Å²) in [5.41, 5.74) is 10.1. The number of ether oxygens (including phenoxy) is 2. The van der Waals surface area contributed by atoms with Crippen LogP contribution in [0.4, 0.5) is 5.69 Å². The Kier molecular flexibility index (Phi) is 6.40. The van der Waals surface area contributed by atoms with Crippen molar-refractivity contribution in [2.75, 3.05) is 11.9 Å². The lowest BCUT2D eigenvalue weighted by atomic mass is 9.70. The van der Waals surface area contributed by atoms with Gasteiger partial charge in [-0.2, -0.15) is 5.26 Å². The van der Waals surface area contributed by atoms with Crippen molar-refractivity contribution in [1.82, 2.24) is 0 Å². The molecular formula is C28H29N3O4. The van der Waals surface area contributed by atoms with Crippen LogP contribution in [0, 0.1) is 30.6 Å². The Morgan fingerprint density at radius 1 is 1.17 bits per heavy atom. The molecule has 1 aliphatic heterocycles. The summed E-state index contributed by atoms with van der Waals surface area (Å²) in [4.78, 5) is 25.4. The Balaban J connectivity index is 1.50. The molecule has 7 nitrogen and oxygen atoms in total. The number of nitrogens with two attached hydrogens (primary N) is 1. The predicted octanol–water partition coefficient (Wildman–Crippen LogP) is 4.77. The Morgan fingerprint density at radius 2 is 1.83 bits per heavy atom. The highest BCUT2D eigenvalue weighted by atomic mass is 16.5. The quantitative estimate of drug-likeness (QED) is 0.649. The Hall–Kier alpha value is -4.05. The Labute approximate surface area is 205 Å². The van der Waals surface area contributed by atoms with Gasteiger partial charge in [-0.05, 0) is 60.2 Å². The molecule has 35 heavy (non-hydrogen) atoms. The average Bonchev–Trinajstić information content (AvgIpc) is 2.75. The highest BCUT2D eigenvalue weighted by molar-refractivity contribution is 6.00. The molecule has 0 aromatic heterocycles. The lowest BCUT2D eigenvalue weighted by molar-refractivity contribution is -0.119. The van der Waals surface area contributed by atoms with Crippen molar-refractivity contribution >= 4 is 17.4 Å². The molecule has 0 saturated carbocycles. The van der Waals surface area contributed by atoms with Crippen molar-refractivity contribution in [1.29, 1.82) is 5.26 Å². The summed E-state index contributed by atoms with van der Waals surface area (Å²) in [6.45, 7) is 7.81. The zero-order valence-corrected chi connectivity index (χ0v) is 20.4. The van der Waals surface area contributed by atoms with E-state index in [0.29, 0.717) is 29.9 Å². The van der Waals surface area contributed by atoms with Gasteiger partial charge < -0.3 is 20.5 Å². The van der Waals surface area contributed by atoms with E-state index in [1.807, 2.05) is 45.9 Å². The van der Waals surface area contributed by atoms with Crippen molar-refractivity contribution in [3.63, 3.8) is 0 Å². The summed E-state index contributed by atoms with van der Waals surface area (Å²) in [5, 5.41) is 12.6. The van der Waals surface area contributed by atoms with Crippen LogP contribution in [0.3, 0.4) is 0 Å². The van der Waals surface area contributed by atoms with Crippen molar-refractivity contribution in [2.24, 2.45) is 11.1 Å². The van der Waals surface area contributed by atoms with Crippen LogP contribution < -0.4 is 15.8 Å². The highest BCUT2D eigenvalue weighted by Gasteiger charge is 2.42. The van der Waals surface area contributed by atoms with Crippen LogP contribution in [0.5, 0.6) is 5.75 Å². The number of carbonyl (C=O) groups is 2. The summed E-state index contributed by atoms with van der Waals surface area (Å²) < 4.78 is 11.4. The van der Waals surface area contributed by atoms with E-state index in [-0.39, 0.29) is 35.2 Å². The fourth-order valence-corrected chi connectivity index (χ4v) is 4.77. The van der Waals surface area contributed by atoms with E-state index in [2.05, 4.69) is 11.4 Å². The molecule has 180 valence electrons. The van der Waals surface area contributed by atoms with Crippen LogP contribution in [-0.4, -0.2) is 18.3 Å². The van der Waals surface area contributed by atoms with Gasteiger partial charge in [0.25, 0.3) is 5.91 Å². The van der Waals surface area contributed by atoms with Gasteiger partial charge in [0.1, 0.15) is 23.2 Å². The standard InChI is InChI=1S/C28H29N3O4/c1-16-9-17(2)11-19(10-16)31-24(33)15-34-20-7-5-18(6-8-20)25-21(14-29)27(30)35-23-13-28(3,4)12-22(32)26(23)25/h5-11,25H,12-13,15,30H2,1-4H3,(H,31,33). The maximum Gasteiger partial charge on any atom is 0.262 e. The smallest absolute Gasteiger partial charge is 0.262 e. The maximum absolute atomic E-state index is 13.1. The van der Waals surface area contributed by atoms with Crippen molar-refractivity contribution in [3.05, 3.63) is 81.9 Å².